The fraction of sp³-hybridized carbons (Fsp3) is 0.294. The van der Waals surface area contributed by atoms with Crippen LogP contribution in [0.15, 0.2) is 30.7 Å². The maximum atomic E-state index is 5.45. The van der Waals surface area contributed by atoms with E-state index in [1.807, 2.05) is 25.4 Å². The fourth-order valence-electron chi connectivity index (χ4n) is 3.22. The normalized spacial score (nSPS) is 15.3. The largest absolute Gasteiger partial charge is 0.378 e. The van der Waals surface area contributed by atoms with E-state index in [0.29, 0.717) is 13.2 Å². The quantitative estimate of drug-likeness (QED) is 0.601. The van der Waals surface area contributed by atoms with Gasteiger partial charge in [-0.2, -0.15) is 10.1 Å². The number of aromatic nitrogens is 6. The second kappa shape index (κ2) is 5.52. The summed E-state index contributed by atoms with van der Waals surface area (Å²) in [7, 11) is 1.90. The van der Waals surface area contributed by atoms with Crippen LogP contribution in [0.25, 0.3) is 33.3 Å². The monoisotopic (exact) mass is 335 g/mol. The molecule has 0 amide bonds. The molecule has 4 aromatic rings. The summed E-state index contributed by atoms with van der Waals surface area (Å²) in [4.78, 5) is 19.2. The zero-order valence-corrected chi connectivity index (χ0v) is 13.8. The van der Waals surface area contributed by atoms with Crippen molar-refractivity contribution in [3.63, 3.8) is 0 Å². The highest BCUT2D eigenvalue weighted by Crippen LogP contribution is 2.29. The Hall–Kier alpha value is -3.00. The Morgan fingerprint density at radius 2 is 2.04 bits per heavy atom. The Morgan fingerprint density at radius 1 is 1.16 bits per heavy atom. The SMILES string of the molecule is Cn1ncc2c(-c3ccc4nc[nH]c4c3)nc(N3CCOCC3)nc21. The number of hydrogen-bond donors (Lipinski definition) is 1. The summed E-state index contributed by atoms with van der Waals surface area (Å²) in [5, 5.41) is 5.31. The van der Waals surface area contributed by atoms with Crippen LogP contribution in [0.1, 0.15) is 0 Å². The van der Waals surface area contributed by atoms with Gasteiger partial charge in [-0.3, -0.25) is 4.68 Å². The molecular weight excluding hydrogens is 318 g/mol. The molecule has 8 heteroatoms. The second-order valence-corrected chi connectivity index (χ2v) is 6.11. The van der Waals surface area contributed by atoms with E-state index in [2.05, 4.69) is 26.0 Å². The lowest BCUT2D eigenvalue weighted by molar-refractivity contribution is 0.122. The molecule has 5 rings (SSSR count). The summed E-state index contributed by atoms with van der Waals surface area (Å²) in [6, 6.07) is 6.11. The van der Waals surface area contributed by atoms with Crippen molar-refractivity contribution in [1.82, 2.24) is 29.7 Å². The van der Waals surface area contributed by atoms with Gasteiger partial charge in [0.2, 0.25) is 5.95 Å². The van der Waals surface area contributed by atoms with Crippen molar-refractivity contribution < 1.29 is 4.74 Å². The van der Waals surface area contributed by atoms with Crippen LogP contribution in [0.2, 0.25) is 0 Å². The predicted molar refractivity (Wildman–Crippen MR) is 94.4 cm³/mol. The number of aromatic amines is 1. The molecule has 8 nitrogen and oxygen atoms in total. The van der Waals surface area contributed by atoms with Gasteiger partial charge in [0.05, 0.1) is 47.9 Å². The average molecular weight is 335 g/mol. The Balaban J connectivity index is 1.72. The first kappa shape index (κ1) is 14.4. The van der Waals surface area contributed by atoms with Crippen molar-refractivity contribution in [2.45, 2.75) is 0 Å². The molecule has 1 aliphatic heterocycles. The van der Waals surface area contributed by atoms with Crippen LogP contribution in [0, 0.1) is 0 Å². The van der Waals surface area contributed by atoms with Crippen molar-refractivity contribution in [2.75, 3.05) is 31.2 Å². The molecule has 1 N–H and O–H groups in total. The minimum absolute atomic E-state index is 0.697. The Kier molecular flexibility index (Phi) is 3.17. The first-order valence-corrected chi connectivity index (χ1v) is 8.25. The number of aryl methyl sites for hydroxylation is 1. The number of benzene rings is 1. The lowest BCUT2D eigenvalue weighted by Crippen LogP contribution is -2.37. The van der Waals surface area contributed by atoms with Gasteiger partial charge in [-0.1, -0.05) is 6.07 Å². The van der Waals surface area contributed by atoms with Gasteiger partial charge in [-0.15, -0.1) is 0 Å². The molecule has 0 atom stereocenters. The first-order chi connectivity index (χ1) is 12.3. The number of hydrogen-bond acceptors (Lipinski definition) is 6. The number of nitrogens with zero attached hydrogens (tertiary/aromatic N) is 6. The van der Waals surface area contributed by atoms with Crippen molar-refractivity contribution in [3.8, 4) is 11.3 Å². The second-order valence-electron chi connectivity index (χ2n) is 6.11. The summed E-state index contributed by atoms with van der Waals surface area (Å²) >= 11 is 0. The van der Waals surface area contributed by atoms with Crippen LogP contribution in [-0.4, -0.2) is 56.0 Å². The summed E-state index contributed by atoms with van der Waals surface area (Å²) in [6.45, 7) is 2.98. The highest BCUT2D eigenvalue weighted by atomic mass is 16.5. The third-order valence-corrected chi connectivity index (χ3v) is 4.57. The van der Waals surface area contributed by atoms with E-state index in [1.54, 1.807) is 11.0 Å². The summed E-state index contributed by atoms with van der Waals surface area (Å²) in [5.41, 5.74) is 4.66. The zero-order valence-electron chi connectivity index (χ0n) is 13.8. The summed E-state index contributed by atoms with van der Waals surface area (Å²) in [5.74, 6) is 0.721. The van der Waals surface area contributed by atoms with Gasteiger partial charge in [0.15, 0.2) is 5.65 Å². The maximum Gasteiger partial charge on any atom is 0.228 e. The molecule has 0 aliphatic carbocycles. The predicted octanol–water partition coefficient (Wildman–Crippen LogP) is 1.74. The molecule has 0 radical (unpaired) electrons. The lowest BCUT2D eigenvalue weighted by atomic mass is 10.1. The van der Waals surface area contributed by atoms with Gasteiger partial charge in [0.1, 0.15) is 0 Å². The third-order valence-electron chi connectivity index (χ3n) is 4.57. The Morgan fingerprint density at radius 3 is 2.92 bits per heavy atom. The van der Waals surface area contributed by atoms with E-state index in [4.69, 9.17) is 14.7 Å². The molecule has 0 saturated carbocycles. The van der Waals surface area contributed by atoms with Gasteiger partial charge in [-0.25, -0.2) is 9.97 Å². The van der Waals surface area contributed by atoms with Gasteiger partial charge in [0, 0.05) is 25.7 Å². The third kappa shape index (κ3) is 2.33. The minimum Gasteiger partial charge on any atom is -0.378 e. The highest BCUT2D eigenvalue weighted by molar-refractivity contribution is 5.93. The number of imidazole rings is 1. The number of ether oxygens (including phenoxy) is 1. The standard InChI is InChI=1S/C17H17N7O/c1-23-16-12(9-20-23)15(11-2-3-13-14(8-11)19-10-18-13)21-17(22-16)24-4-6-25-7-5-24/h2-3,8-10H,4-7H2,1H3,(H,18,19). The van der Waals surface area contributed by atoms with Gasteiger partial charge in [-0.05, 0) is 12.1 Å². The molecule has 3 aromatic heterocycles. The minimum atomic E-state index is 0.697. The summed E-state index contributed by atoms with van der Waals surface area (Å²) in [6.07, 6.45) is 3.53. The van der Waals surface area contributed by atoms with E-state index >= 15 is 0 Å². The van der Waals surface area contributed by atoms with E-state index in [9.17, 15) is 0 Å². The van der Waals surface area contributed by atoms with Gasteiger partial charge in [0.25, 0.3) is 0 Å². The molecule has 1 aromatic carbocycles. The van der Waals surface area contributed by atoms with Crippen LogP contribution in [0.5, 0.6) is 0 Å². The number of morpholine rings is 1. The zero-order chi connectivity index (χ0) is 16.8. The molecule has 1 saturated heterocycles. The molecule has 1 aliphatic rings. The van der Waals surface area contributed by atoms with Crippen LogP contribution in [-0.2, 0) is 11.8 Å². The van der Waals surface area contributed by atoms with Crippen LogP contribution < -0.4 is 4.90 Å². The van der Waals surface area contributed by atoms with Crippen molar-refractivity contribution >= 4 is 28.0 Å². The molecule has 126 valence electrons. The molecular formula is C17H17N7O. The summed E-state index contributed by atoms with van der Waals surface area (Å²) < 4.78 is 7.24. The number of anilines is 1. The molecule has 4 heterocycles. The Bertz CT molecular complexity index is 1060. The first-order valence-electron chi connectivity index (χ1n) is 8.25. The van der Waals surface area contributed by atoms with Crippen LogP contribution in [0.3, 0.4) is 0 Å². The van der Waals surface area contributed by atoms with Crippen LogP contribution >= 0.6 is 0 Å². The molecule has 25 heavy (non-hydrogen) atoms. The maximum absolute atomic E-state index is 5.45. The number of rotatable bonds is 2. The lowest BCUT2D eigenvalue weighted by Gasteiger charge is -2.27. The smallest absolute Gasteiger partial charge is 0.228 e. The van der Waals surface area contributed by atoms with E-state index < -0.39 is 0 Å². The van der Waals surface area contributed by atoms with Crippen LogP contribution in [0.4, 0.5) is 5.95 Å². The number of nitrogens with one attached hydrogen (secondary N) is 1. The molecule has 0 spiro atoms. The van der Waals surface area contributed by atoms with Gasteiger partial charge >= 0.3 is 0 Å². The topological polar surface area (TPSA) is 84.8 Å². The molecule has 0 unspecified atom stereocenters. The Labute approximate surface area is 143 Å². The van der Waals surface area contributed by atoms with Crippen molar-refractivity contribution in [3.05, 3.63) is 30.7 Å². The fourth-order valence-corrected chi connectivity index (χ4v) is 3.22. The van der Waals surface area contributed by atoms with Crippen molar-refractivity contribution in [2.24, 2.45) is 7.05 Å². The molecule has 0 bridgehead atoms. The van der Waals surface area contributed by atoms with E-state index in [1.165, 1.54) is 0 Å². The van der Waals surface area contributed by atoms with E-state index in [0.717, 1.165) is 52.4 Å². The van der Waals surface area contributed by atoms with Crippen molar-refractivity contribution in [1.29, 1.82) is 0 Å². The average Bonchev–Trinajstić information content (AvgIpc) is 3.28. The number of H-pyrrole nitrogens is 1. The number of fused-ring (bicyclic) bond motifs is 2. The molecule has 1 fully saturated rings. The highest BCUT2D eigenvalue weighted by Gasteiger charge is 2.19. The van der Waals surface area contributed by atoms with E-state index in [-0.39, 0.29) is 0 Å². The van der Waals surface area contributed by atoms with Gasteiger partial charge < -0.3 is 14.6 Å².